The third-order valence-corrected chi connectivity index (χ3v) is 4.25. The number of likely N-dealkylation sites (tertiary alicyclic amines) is 1. The van der Waals surface area contributed by atoms with Gasteiger partial charge in [-0.3, -0.25) is 9.78 Å². The lowest BCUT2D eigenvalue weighted by Crippen LogP contribution is -2.42. The number of hydrogen-bond donors (Lipinski definition) is 1. The quantitative estimate of drug-likeness (QED) is 0.880. The van der Waals surface area contributed by atoms with Gasteiger partial charge in [0.25, 0.3) is 0 Å². The number of piperidine rings is 1. The molecule has 2 aliphatic heterocycles. The van der Waals surface area contributed by atoms with Crippen molar-refractivity contribution in [3.05, 3.63) is 30.1 Å². The zero-order valence-electron chi connectivity index (χ0n) is 11.2. The number of hydrogen-bond acceptors (Lipinski definition) is 3. The fourth-order valence-corrected chi connectivity index (χ4v) is 3.25. The molecule has 102 valence electrons. The molecule has 1 N–H and O–H groups in total. The number of rotatable bonds is 2. The summed E-state index contributed by atoms with van der Waals surface area (Å²) in [5, 5.41) is 3.33. The molecule has 1 aromatic rings. The minimum Gasteiger partial charge on any atom is -0.335 e. The van der Waals surface area contributed by atoms with Crippen LogP contribution in [0.2, 0.25) is 0 Å². The molecule has 4 heteroatoms. The van der Waals surface area contributed by atoms with E-state index in [0.29, 0.717) is 5.91 Å². The van der Waals surface area contributed by atoms with Crippen LogP contribution >= 0.6 is 0 Å². The molecule has 2 fully saturated rings. The maximum absolute atomic E-state index is 12.6. The summed E-state index contributed by atoms with van der Waals surface area (Å²) >= 11 is 0. The van der Waals surface area contributed by atoms with Crippen molar-refractivity contribution in [1.29, 1.82) is 0 Å². The van der Waals surface area contributed by atoms with E-state index in [9.17, 15) is 4.79 Å². The zero-order valence-corrected chi connectivity index (χ0v) is 11.2. The van der Waals surface area contributed by atoms with Gasteiger partial charge in [-0.15, -0.1) is 0 Å². The first-order valence-electron chi connectivity index (χ1n) is 7.27. The highest BCUT2D eigenvalue weighted by Gasteiger charge is 2.34. The SMILES string of the molecule is O=C([C@H]1CCCNC1)N1CCCC1c1cccnc1. The molecule has 19 heavy (non-hydrogen) atoms. The molecule has 2 atom stereocenters. The standard InChI is InChI=1S/C15H21N3O/c19-15(13-5-2-8-17-11-13)18-9-3-6-14(18)12-4-1-7-16-10-12/h1,4,7,10,13-14,17H,2-3,5-6,8-9,11H2/t13-,14?/m0/s1. The van der Waals surface area contributed by atoms with Gasteiger partial charge >= 0.3 is 0 Å². The summed E-state index contributed by atoms with van der Waals surface area (Å²) in [6.07, 6.45) is 8.00. The number of carbonyl (C=O) groups is 1. The number of aromatic nitrogens is 1. The van der Waals surface area contributed by atoms with Crippen LogP contribution in [0.5, 0.6) is 0 Å². The van der Waals surface area contributed by atoms with Gasteiger partial charge in [0.2, 0.25) is 5.91 Å². The van der Waals surface area contributed by atoms with Crippen LogP contribution in [0.1, 0.15) is 37.3 Å². The summed E-state index contributed by atoms with van der Waals surface area (Å²) < 4.78 is 0. The summed E-state index contributed by atoms with van der Waals surface area (Å²) in [7, 11) is 0. The molecular weight excluding hydrogens is 238 g/mol. The number of nitrogens with one attached hydrogen (secondary N) is 1. The van der Waals surface area contributed by atoms with E-state index in [-0.39, 0.29) is 12.0 Å². The third-order valence-electron chi connectivity index (χ3n) is 4.25. The predicted octanol–water partition coefficient (Wildman–Crippen LogP) is 1.74. The smallest absolute Gasteiger partial charge is 0.227 e. The monoisotopic (exact) mass is 259 g/mol. The maximum atomic E-state index is 12.6. The number of pyridine rings is 1. The van der Waals surface area contributed by atoms with Crippen molar-refractivity contribution < 1.29 is 4.79 Å². The molecule has 0 saturated carbocycles. The fourth-order valence-electron chi connectivity index (χ4n) is 3.25. The van der Waals surface area contributed by atoms with Crippen LogP contribution in [0.15, 0.2) is 24.5 Å². The average molecular weight is 259 g/mol. The summed E-state index contributed by atoms with van der Waals surface area (Å²) in [5.74, 6) is 0.504. The number of amides is 1. The van der Waals surface area contributed by atoms with Gasteiger partial charge < -0.3 is 10.2 Å². The molecule has 1 amide bonds. The lowest BCUT2D eigenvalue weighted by Gasteiger charge is -2.31. The van der Waals surface area contributed by atoms with Gasteiger partial charge in [0.05, 0.1) is 12.0 Å². The highest BCUT2D eigenvalue weighted by Crippen LogP contribution is 2.33. The van der Waals surface area contributed by atoms with E-state index in [1.165, 1.54) is 5.56 Å². The predicted molar refractivity (Wildman–Crippen MR) is 73.5 cm³/mol. The Balaban J connectivity index is 1.74. The van der Waals surface area contributed by atoms with E-state index < -0.39 is 0 Å². The molecule has 3 heterocycles. The first-order valence-corrected chi connectivity index (χ1v) is 7.27. The Kier molecular flexibility index (Phi) is 3.78. The Hall–Kier alpha value is -1.42. The van der Waals surface area contributed by atoms with Crippen LogP contribution in [0, 0.1) is 5.92 Å². The highest BCUT2D eigenvalue weighted by molar-refractivity contribution is 5.80. The van der Waals surface area contributed by atoms with Gasteiger partial charge in [0.1, 0.15) is 0 Å². The van der Waals surface area contributed by atoms with Crippen molar-refractivity contribution in [1.82, 2.24) is 15.2 Å². The second-order valence-corrected chi connectivity index (χ2v) is 5.52. The summed E-state index contributed by atoms with van der Waals surface area (Å²) in [5.41, 5.74) is 1.18. The van der Waals surface area contributed by atoms with Crippen LogP contribution in [-0.4, -0.2) is 35.4 Å². The molecule has 0 bridgehead atoms. The molecule has 4 nitrogen and oxygen atoms in total. The van der Waals surface area contributed by atoms with Crippen molar-refractivity contribution in [3.63, 3.8) is 0 Å². The number of carbonyl (C=O) groups excluding carboxylic acids is 1. The van der Waals surface area contributed by atoms with Crippen molar-refractivity contribution in [3.8, 4) is 0 Å². The van der Waals surface area contributed by atoms with E-state index in [0.717, 1.165) is 45.3 Å². The minimum atomic E-state index is 0.172. The van der Waals surface area contributed by atoms with Crippen LogP contribution in [-0.2, 0) is 4.79 Å². The van der Waals surface area contributed by atoms with E-state index in [4.69, 9.17) is 0 Å². The first-order chi connectivity index (χ1) is 9.36. The highest BCUT2D eigenvalue weighted by atomic mass is 16.2. The normalized spacial score (nSPS) is 27.5. The lowest BCUT2D eigenvalue weighted by atomic mass is 9.97. The molecule has 0 aliphatic carbocycles. The topological polar surface area (TPSA) is 45.2 Å². The first kappa shape index (κ1) is 12.6. The van der Waals surface area contributed by atoms with Crippen LogP contribution in [0.3, 0.4) is 0 Å². The molecule has 2 saturated heterocycles. The summed E-state index contributed by atoms with van der Waals surface area (Å²) in [4.78, 5) is 18.9. The van der Waals surface area contributed by atoms with Gasteiger partial charge in [-0.05, 0) is 43.9 Å². The Bertz CT molecular complexity index is 428. The van der Waals surface area contributed by atoms with Gasteiger partial charge in [-0.2, -0.15) is 0 Å². The molecule has 2 aliphatic rings. The van der Waals surface area contributed by atoms with Crippen molar-refractivity contribution >= 4 is 5.91 Å². The van der Waals surface area contributed by atoms with E-state index in [1.54, 1.807) is 6.20 Å². The molecule has 3 rings (SSSR count). The van der Waals surface area contributed by atoms with Gasteiger partial charge in [-0.1, -0.05) is 6.07 Å². The summed E-state index contributed by atoms with van der Waals surface area (Å²) in [6, 6.07) is 4.28. The van der Waals surface area contributed by atoms with Crippen molar-refractivity contribution in [2.75, 3.05) is 19.6 Å². The maximum Gasteiger partial charge on any atom is 0.227 e. The van der Waals surface area contributed by atoms with Crippen LogP contribution in [0.4, 0.5) is 0 Å². The number of nitrogens with zero attached hydrogens (tertiary/aromatic N) is 2. The second kappa shape index (κ2) is 5.70. The largest absolute Gasteiger partial charge is 0.335 e. The molecule has 0 radical (unpaired) electrons. The molecule has 1 unspecified atom stereocenters. The molecule has 0 aromatic carbocycles. The lowest BCUT2D eigenvalue weighted by molar-refractivity contribution is -0.137. The Morgan fingerprint density at radius 2 is 2.32 bits per heavy atom. The molecule has 1 aromatic heterocycles. The Morgan fingerprint density at radius 1 is 1.37 bits per heavy atom. The van der Waals surface area contributed by atoms with Gasteiger partial charge in [-0.25, -0.2) is 0 Å². The summed E-state index contributed by atoms with van der Waals surface area (Å²) in [6.45, 7) is 2.79. The zero-order chi connectivity index (χ0) is 13.1. The van der Waals surface area contributed by atoms with E-state index in [1.807, 2.05) is 12.3 Å². The Labute approximate surface area is 114 Å². The van der Waals surface area contributed by atoms with Gasteiger partial charge in [0.15, 0.2) is 0 Å². The van der Waals surface area contributed by atoms with E-state index >= 15 is 0 Å². The fraction of sp³-hybridized carbons (Fsp3) is 0.600. The van der Waals surface area contributed by atoms with E-state index in [2.05, 4.69) is 21.3 Å². The average Bonchev–Trinajstić information content (AvgIpc) is 2.98. The molecular formula is C15H21N3O. The molecule has 0 spiro atoms. The van der Waals surface area contributed by atoms with Crippen LogP contribution < -0.4 is 5.32 Å². The van der Waals surface area contributed by atoms with Crippen LogP contribution in [0.25, 0.3) is 0 Å². The minimum absolute atomic E-state index is 0.172. The van der Waals surface area contributed by atoms with Gasteiger partial charge in [0, 0.05) is 25.5 Å². The van der Waals surface area contributed by atoms with Crippen molar-refractivity contribution in [2.45, 2.75) is 31.7 Å². The second-order valence-electron chi connectivity index (χ2n) is 5.52. The Morgan fingerprint density at radius 3 is 3.05 bits per heavy atom. The third kappa shape index (κ3) is 2.63. The van der Waals surface area contributed by atoms with Crippen molar-refractivity contribution in [2.24, 2.45) is 5.92 Å².